The Morgan fingerprint density at radius 2 is 1.83 bits per heavy atom. The molecule has 14 heteroatoms. The number of para-hydroxylation sites is 1. The maximum Gasteiger partial charge on any atom is 0.429 e. The van der Waals surface area contributed by atoms with Crippen molar-refractivity contribution < 1.29 is 32.2 Å². The van der Waals surface area contributed by atoms with Crippen LogP contribution in [-0.2, 0) is 9.53 Å². The molecule has 0 saturated carbocycles. The summed E-state index contributed by atoms with van der Waals surface area (Å²) in [6, 6.07) is 15.4. The number of aromatic nitrogens is 4. The molecule has 2 unspecified atom stereocenters. The van der Waals surface area contributed by atoms with Crippen molar-refractivity contribution in [3.05, 3.63) is 83.1 Å². The van der Waals surface area contributed by atoms with Crippen molar-refractivity contribution in [2.45, 2.75) is 51.4 Å². The van der Waals surface area contributed by atoms with Crippen molar-refractivity contribution in [1.29, 1.82) is 0 Å². The molecule has 1 spiro atoms. The topological polar surface area (TPSA) is 104 Å². The predicted molar refractivity (Wildman–Crippen MR) is 168 cm³/mol. The summed E-state index contributed by atoms with van der Waals surface area (Å²) in [5.74, 6) is 0.0843. The van der Waals surface area contributed by atoms with E-state index in [2.05, 4.69) is 20.4 Å². The summed E-state index contributed by atoms with van der Waals surface area (Å²) in [6.07, 6.45) is -3.59. The molecule has 4 aromatic rings. The van der Waals surface area contributed by atoms with Gasteiger partial charge in [-0.1, -0.05) is 35.9 Å². The Hall–Kier alpha value is -4.36. The first-order valence-corrected chi connectivity index (χ1v) is 15.7. The summed E-state index contributed by atoms with van der Waals surface area (Å²) in [7, 11) is 0. The normalized spacial score (nSPS) is 18.3. The predicted octanol–water partition coefficient (Wildman–Crippen LogP) is 6.61. The number of nitrogens with zero attached hydrogens (tertiary/aromatic N) is 5. The second-order valence-corrected chi connectivity index (χ2v) is 12.2. The molecule has 10 nitrogen and oxygen atoms in total. The number of benzene rings is 2. The van der Waals surface area contributed by atoms with E-state index in [1.54, 1.807) is 50.4 Å². The van der Waals surface area contributed by atoms with E-state index < -0.39 is 12.3 Å². The summed E-state index contributed by atoms with van der Waals surface area (Å²) < 4.78 is 62.6. The lowest BCUT2D eigenvalue weighted by atomic mass is 9.76. The van der Waals surface area contributed by atoms with E-state index in [0.29, 0.717) is 44.1 Å². The van der Waals surface area contributed by atoms with Gasteiger partial charge >= 0.3 is 12.1 Å². The molecule has 2 fully saturated rings. The first-order valence-electron chi connectivity index (χ1n) is 15.3. The summed E-state index contributed by atoms with van der Waals surface area (Å²) in [4.78, 5) is 23.3. The van der Waals surface area contributed by atoms with Gasteiger partial charge in [-0.3, -0.25) is 4.79 Å². The zero-order valence-electron chi connectivity index (χ0n) is 25.8. The SMILES string of the molecule is CCOC(=O)C1CC2(CCN(c3nc(Oc4ccccc4)cc(OC(c4ccc(Cl)cc4-n4ccc(C)n4)C(F)(F)F)n3)CC2)CN1. The minimum atomic E-state index is -4.83. The van der Waals surface area contributed by atoms with E-state index in [0.717, 1.165) is 12.8 Å². The van der Waals surface area contributed by atoms with E-state index in [1.165, 1.54) is 28.9 Å². The summed E-state index contributed by atoms with van der Waals surface area (Å²) in [5.41, 5.74) is 0.440. The van der Waals surface area contributed by atoms with Crippen molar-refractivity contribution in [1.82, 2.24) is 25.1 Å². The molecule has 0 amide bonds. The molecule has 0 bridgehead atoms. The summed E-state index contributed by atoms with van der Waals surface area (Å²) >= 11 is 6.21. The molecule has 248 valence electrons. The Balaban J connectivity index is 1.30. The summed E-state index contributed by atoms with van der Waals surface area (Å²) in [6.45, 7) is 5.55. The Bertz CT molecular complexity index is 1710. The number of anilines is 1. The fraction of sp³-hybridized carbons (Fsp3) is 0.394. The van der Waals surface area contributed by atoms with Crippen molar-refractivity contribution in [2.24, 2.45) is 5.41 Å². The lowest BCUT2D eigenvalue weighted by molar-refractivity contribution is -0.198. The second-order valence-electron chi connectivity index (χ2n) is 11.8. The number of alkyl halides is 3. The minimum absolute atomic E-state index is 0.0290. The van der Waals surface area contributed by atoms with Crippen LogP contribution in [0.15, 0.2) is 66.9 Å². The average Bonchev–Trinajstić information content (AvgIpc) is 3.67. The zero-order valence-corrected chi connectivity index (χ0v) is 26.6. The highest BCUT2D eigenvalue weighted by atomic mass is 35.5. The molecule has 2 aromatic heterocycles. The van der Waals surface area contributed by atoms with Crippen LogP contribution in [0, 0.1) is 12.3 Å². The largest absolute Gasteiger partial charge is 0.465 e. The van der Waals surface area contributed by atoms with Crippen LogP contribution >= 0.6 is 11.6 Å². The highest BCUT2D eigenvalue weighted by Crippen LogP contribution is 2.43. The molecular formula is C33H34ClF3N6O4. The third-order valence-electron chi connectivity index (χ3n) is 8.45. The van der Waals surface area contributed by atoms with E-state index >= 15 is 0 Å². The highest BCUT2D eigenvalue weighted by Gasteiger charge is 2.46. The standard InChI is InChI=1S/C33H34ClF3N6O4/c1-3-45-30(44)25-19-32(20-38-25)12-15-42(16-13-32)31-39-27(46-23-7-5-4-6-8-23)18-28(40-31)47-29(33(35,36)37)24-10-9-22(34)17-26(24)43-14-11-21(2)41-43/h4-11,14,17-18,25,29,38H,3,12-13,15-16,19-20H2,1-2H3. The molecule has 0 radical (unpaired) electrons. The Kier molecular flexibility index (Phi) is 9.29. The molecule has 2 aromatic carbocycles. The third-order valence-corrected chi connectivity index (χ3v) is 8.69. The van der Waals surface area contributed by atoms with Gasteiger partial charge in [0.05, 0.1) is 24.1 Å². The minimum Gasteiger partial charge on any atom is -0.465 e. The van der Waals surface area contributed by atoms with Crippen LogP contribution in [-0.4, -0.2) is 64.2 Å². The maximum absolute atomic E-state index is 14.8. The average molecular weight is 671 g/mol. The number of carbonyl (C=O) groups excluding carboxylic acids is 1. The van der Waals surface area contributed by atoms with E-state index in [9.17, 15) is 18.0 Å². The van der Waals surface area contributed by atoms with Gasteiger partial charge in [0.2, 0.25) is 23.8 Å². The highest BCUT2D eigenvalue weighted by molar-refractivity contribution is 6.30. The lowest BCUT2D eigenvalue weighted by Crippen LogP contribution is -2.42. The van der Waals surface area contributed by atoms with Crippen LogP contribution in [0.1, 0.15) is 43.5 Å². The Morgan fingerprint density at radius 3 is 2.51 bits per heavy atom. The van der Waals surface area contributed by atoms with Crippen LogP contribution in [0.2, 0.25) is 5.02 Å². The second kappa shape index (κ2) is 13.4. The number of hydrogen-bond donors (Lipinski definition) is 1. The molecule has 2 saturated heterocycles. The van der Waals surface area contributed by atoms with Gasteiger partial charge in [0.15, 0.2) is 0 Å². The maximum atomic E-state index is 14.8. The Labute approximate surface area is 274 Å². The third kappa shape index (κ3) is 7.46. The van der Waals surface area contributed by atoms with Gasteiger partial charge in [0.1, 0.15) is 11.8 Å². The van der Waals surface area contributed by atoms with Crippen molar-refractivity contribution in [2.75, 3.05) is 31.1 Å². The van der Waals surface area contributed by atoms with E-state index in [-0.39, 0.29) is 51.4 Å². The number of ether oxygens (including phenoxy) is 3. The van der Waals surface area contributed by atoms with Gasteiger partial charge in [-0.05, 0) is 68.9 Å². The quantitative estimate of drug-likeness (QED) is 0.197. The molecule has 0 aliphatic carbocycles. The van der Waals surface area contributed by atoms with Gasteiger partial charge in [-0.25, -0.2) is 4.68 Å². The lowest BCUT2D eigenvalue weighted by Gasteiger charge is -2.39. The van der Waals surface area contributed by atoms with Gasteiger partial charge in [-0.2, -0.15) is 28.2 Å². The summed E-state index contributed by atoms with van der Waals surface area (Å²) in [5, 5.41) is 7.83. The molecule has 2 aliphatic rings. The van der Waals surface area contributed by atoms with Crippen LogP contribution in [0.5, 0.6) is 17.5 Å². The zero-order chi connectivity index (χ0) is 33.2. The number of piperidine rings is 1. The molecule has 6 rings (SSSR count). The smallest absolute Gasteiger partial charge is 0.429 e. The number of rotatable bonds is 9. The first-order chi connectivity index (χ1) is 22.5. The molecular weight excluding hydrogens is 637 g/mol. The van der Waals surface area contributed by atoms with Crippen LogP contribution in [0.25, 0.3) is 5.69 Å². The Morgan fingerprint density at radius 1 is 1.09 bits per heavy atom. The number of hydrogen-bond acceptors (Lipinski definition) is 9. The van der Waals surface area contributed by atoms with Crippen molar-refractivity contribution in [3.63, 3.8) is 0 Å². The van der Waals surface area contributed by atoms with Gasteiger partial charge < -0.3 is 24.4 Å². The van der Waals surface area contributed by atoms with E-state index in [4.69, 9.17) is 25.8 Å². The van der Waals surface area contributed by atoms with Crippen LogP contribution < -0.4 is 19.7 Å². The van der Waals surface area contributed by atoms with Crippen LogP contribution in [0.4, 0.5) is 19.1 Å². The first kappa shape index (κ1) is 32.6. The molecule has 2 atom stereocenters. The van der Waals surface area contributed by atoms with Crippen LogP contribution in [0.3, 0.4) is 0 Å². The molecule has 1 N–H and O–H groups in total. The number of carbonyl (C=O) groups is 1. The number of halogens is 4. The number of esters is 1. The molecule has 47 heavy (non-hydrogen) atoms. The number of nitrogens with one attached hydrogen (secondary N) is 1. The van der Waals surface area contributed by atoms with Gasteiger partial charge in [0, 0.05) is 36.4 Å². The van der Waals surface area contributed by atoms with Gasteiger partial charge in [-0.15, -0.1) is 0 Å². The monoisotopic (exact) mass is 670 g/mol. The van der Waals surface area contributed by atoms with Crippen molar-refractivity contribution >= 4 is 23.5 Å². The molecule has 4 heterocycles. The van der Waals surface area contributed by atoms with E-state index in [1.807, 2.05) is 11.0 Å². The fourth-order valence-electron chi connectivity index (χ4n) is 6.06. The van der Waals surface area contributed by atoms with Crippen molar-refractivity contribution in [3.8, 4) is 23.2 Å². The fourth-order valence-corrected chi connectivity index (χ4v) is 6.22. The van der Waals surface area contributed by atoms with Gasteiger partial charge in [0.25, 0.3) is 0 Å². The number of aryl methyl sites for hydroxylation is 1. The molecule has 2 aliphatic heterocycles.